The maximum absolute atomic E-state index is 12.1. The topological polar surface area (TPSA) is 69.6 Å². The van der Waals surface area contributed by atoms with Crippen molar-refractivity contribution in [1.82, 2.24) is 10.2 Å². The quantitative estimate of drug-likeness (QED) is 0.753. The molecule has 2 atom stereocenters. The van der Waals surface area contributed by atoms with Crippen LogP contribution in [-0.4, -0.2) is 47.1 Å². The van der Waals surface area contributed by atoms with Crippen molar-refractivity contribution in [3.8, 4) is 0 Å². The fourth-order valence-electron chi connectivity index (χ4n) is 2.24. The number of nitrogens with one attached hydrogen (secondary N) is 1. The average molecular weight is 256 g/mol. The molecule has 1 aliphatic heterocycles. The first-order valence-corrected chi connectivity index (χ1v) is 6.69. The first kappa shape index (κ1) is 15.0. The summed E-state index contributed by atoms with van der Waals surface area (Å²) in [5, 5.41) is 11.7. The van der Waals surface area contributed by atoms with Gasteiger partial charge >= 0.3 is 0 Å². The minimum Gasteiger partial charge on any atom is -0.396 e. The highest BCUT2D eigenvalue weighted by atomic mass is 16.3. The van der Waals surface area contributed by atoms with Gasteiger partial charge in [0.05, 0.1) is 0 Å². The van der Waals surface area contributed by atoms with Crippen molar-refractivity contribution in [1.29, 1.82) is 0 Å². The van der Waals surface area contributed by atoms with Crippen molar-refractivity contribution in [2.24, 2.45) is 5.92 Å². The Morgan fingerprint density at radius 3 is 2.61 bits per heavy atom. The number of hydrogen-bond donors (Lipinski definition) is 2. The lowest BCUT2D eigenvalue weighted by Crippen LogP contribution is -2.49. The molecule has 5 heteroatoms. The van der Waals surface area contributed by atoms with E-state index in [1.165, 1.54) is 0 Å². The van der Waals surface area contributed by atoms with E-state index in [0.29, 0.717) is 13.0 Å². The Balaban J connectivity index is 2.58. The molecule has 0 radical (unpaired) electrons. The zero-order valence-electron chi connectivity index (χ0n) is 11.5. The van der Waals surface area contributed by atoms with E-state index in [1.54, 1.807) is 4.90 Å². The third-order valence-corrected chi connectivity index (χ3v) is 3.28. The van der Waals surface area contributed by atoms with Crippen molar-refractivity contribution < 1.29 is 14.7 Å². The number of aliphatic hydroxyl groups excluding tert-OH is 1. The summed E-state index contributed by atoms with van der Waals surface area (Å²) in [5.74, 6) is -0.127. The normalized spacial score (nSPS) is 21.2. The summed E-state index contributed by atoms with van der Waals surface area (Å²) in [6.07, 6.45) is 2.15. The molecule has 18 heavy (non-hydrogen) atoms. The smallest absolute Gasteiger partial charge is 0.243 e. The predicted octanol–water partition coefficient (Wildman–Crippen LogP) is 0.520. The Kier molecular flexibility index (Phi) is 5.59. The first-order chi connectivity index (χ1) is 8.47. The molecule has 0 bridgehead atoms. The Labute approximate surface area is 109 Å². The van der Waals surface area contributed by atoms with Crippen LogP contribution in [0.2, 0.25) is 0 Å². The molecule has 0 saturated carbocycles. The Morgan fingerprint density at radius 1 is 1.39 bits per heavy atom. The van der Waals surface area contributed by atoms with Crippen molar-refractivity contribution >= 4 is 11.8 Å². The number of nitrogens with zero attached hydrogens (tertiary/aromatic N) is 1. The van der Waals surface area contributed by atoms with Crippen LogP contribution in [0.15, 0.2) is 0 Å². The summed E-state index contributed by atoms with van der Waals surface area (Å²) in [5.41, 5.74) is 0. The van der Waals surface area contributed by atoms with Crippen LogP contribution >= 0.6 is 0 Å². The van der Waals surface area contributed by atoms with Gasteiger partial charge in [0.1, 0.15) is 6.04 Å². The lowest BCUT2D eigenvalue weighted by Gasteiger charge is -2.26. The van der Waals surface area contributed by atoms with E-state index < -0.39 is 0 Å². The van der Waals surface area contributed by atoms with Gasteiger partial charge in [-0.25, -0.2) is 0 Å². The van der Waals surface area contributed by atoms with Crippen LogP contribution in [0.5, 0.6) is 0 Å². The number of carbonyl (C=O) groups excluding carboxylic acids is 2. The molecule has 1 aliphatic rings. The van der Waals surface area contributed by atoms with Crippen LogP contribution in [0.1, 0.15) is 40.0 Å². The second-order valence-electron chi connectivity index (χ2n) is 5.27. The highest BCUT2D eigenvalue weighted by molar-refractivity contribution is 5.89. The summed E-state index contributed by atoms with van der Waals surface area (Å²) in [4.78, 5) is 25.7. The van der Waals surface area contributed by atoms with Gasteiger partial charge in [-0.05, 0) is 26.2 Å². The first-order valence-electron chi connectivity index (χ1n) is 6.69. The Morgan fingerprint density at radius 2 is 2.06 bits per heavy atom. The van der Waals surface area contributed by atoms with Gasteiger partial charge in [0.25, 0.3) is 0 Å². The maximum Gasteiger partial charge on any atom is 0.243 e. The van der Waals surface area contributed by atoms with E-state index in [9.17, 15) is 9.59 Å². The van der Waals surface area contributed by atoms with E-state index >= 15 is 0 Å². The molecule has 0 aromatic rings. The number of aliphatic hydroxyl groups is 1. The van der Waals surface area contributed by atoms with Crippen LogP contribution in [0.4, 0.5) is 0 Å². The van der Waals surface area contributed by atoms with Crippen LogP contribution < -0.4 is 5.32 Å². The zero-order valence-corrected chi connectivity index (χ0v) is 11.5. The summed E-state index contributed by atoms with van der Waals surface area (Å²) in [7, 11) is 0. The van der Waals surface area contributed by atoms with Crippen molar-refractivity contribution in [2.75, 3.05) is 13.2 Å². The molecule has 2 unspecified atom stereocenters. The molecule has 1 fully saturated rings. The number of carbonyl (C=O) groups is 2. The van der Waals surface area contributed by atoms with E-state index in [1.807, 2.05) is 20.8 Å². The minimum atomic E-state index is -0.332. The van der Waals surface area contributed by atoms with Gasteiger partial charge in [-0.15, -0.1) is 0 Å². The molecule has 0 aliphatic carbocycles. The molecule has 2 N–H and O–H groups in total. The van der Waals surface area contributed by atoms with Crippen LogP contribution in [0.3, 0.4) is 0 Å². The standard InChI is InChI=1S/C13H24N2O3/c1-9(2)13(18)15-7-4-5-11(15)12(17)14-10(3)6-8-16/h9-11,16H,4-8H2,1-3H3,(H,14,17). The van der Waals surface area contributed by atoms with Gasteiger partial charge in [-0.1, -0.05) is 13.8 Å². The molecular weight excluding hydrogens is 232 g/mol. The molecule has 1 saturated heterocycles. The van der Waals surface area contributed by atoms with Crippen LogP contribution in [0, 0.1) is 5.92 Å². The van der Waals surface area contributed by atoms with Crippen LogP contribution in [-0.2, 0) is 9.59 Å². The van der Waals surface area contributed by atoms with Crippen LogP contribution in [0.25, 0.3) is 0 Å². The maximum atomic E-state index is 12.1. The molecule has 2 amide bonds. The number of likely N-dealkylation sites (tertiary alicyclic amines) is 1. The van der Waals surface area contributed by atoms with E-state index in [0.717, 1.165) is 12.8 Å². The highest BCUT2D eigenvalue weighted by Gasteiger charge is 2.35. The molecule has 1 heterocycles. The van der Waals surface area contributed by atoms with Crippen molar-refractivity contribution in [3.63, 3.8) is 0 Å². The fourth-order valence-corrected chi connectivity index (χ4v) is 2.24. The van der Waals surface area contributed by atoms with Gasteiger partial charge in [-0.3, -0.25) is 9.59 Å². The predicted molar refractivity (Wildman–Crippen MR) is 68.9 cm³/mol. The van der Waals surface area contributed by atoms with Gasteiger partial charge in [0, 0.05) is 25.1 Å². The van der Waals surface area contributed by atoms with Gasteiger partial charge in [-0.2, -0.15) is 0 Å². The third kappa shape index (κ3) is 3.70. The van der Waals surface area contributed by atoms with Crippen molar-refractivity contribution in [2.45, 2.75) is 52.1 Å². The summed E-state index contributed by atoms with van der Waals surface area (Å²) >= 11 is 0. The lowest BCUT2D eigenvalue weighted by molar-refractivity contribution is -0.141. The van der Waals surface area contributed by atoms with Gasteiger partial charge in [0.2, 0.25) is 11.8 Å². The average Bonchev–Trinajstić information content (AvgIpc) is 2.76. The van der Waals surface area contributed by atoms with Crippen molar-refractivity contribution in [3.05, 3.63) is 0 Å². The summed E-state index contributed by atoms with van der Waals surface area (Å²) in [6, 6.07) is -0.389. The minimum absolute atomic E-state index is 0.0439. The largest absolute Gasteiger partial charge is 0.396 e. The number of hydrogen-bond acceptors (Lipinski definition) is 3. The Hall–Kier alpha value is -1.10. The monoisotopic (exact) mass is 256 g/mol. The zero-order chi connectivity index (χ0) is 13.7. The highest BCUT2D eigenvalue weighted by Crippen LogP contribution is 2.20. The number of amides is 2. The third-order valence-electron chi connectivity index (χ3n) is 3.28. The number of rotatable bonds is 5. The molecule has 5 nitrogen and oxygen atoms in total. The molecule has 0 aromatic heterocycles. The molecule has 0 aromatic carbocycles. The SMILES string of the molecule is CC(CCO)NC(=O)C1CCCN1C(=O)C(C)C. The molecule has 1 rings (SSSR count). The Bertz CT molecular complexity index is 305. The van der Waals surface area contributed by atoms with E-state index in [2.05, 4.69) is 5.32 Å². The second-order valence-corrected chi connectivity index (χ2v) is 5.27. The van der Waals surface area contributed by atoms with E-state index in [-0.39, 0.29) is 36.4 Å². The molecule has 0 spiro atoms. The second kappa shape index (κ2) is 6.73. The lowest BCUT2D eigenvalue weighted by atomic mass is 10.1. The van der Waals surface area contributed by atoms with Gasteiger partial charge < -0.3 is 15.3 Å². The van der Waals surface area contributed by atoms with E-state index in [4.69, 9.17) is 5.11 Å². The van der Waals surface area contributed by atoms with Gasteiger partial charge in [0.15, 0.2) is 0 Å². The molecular formula is C13H24N2O3. The summed E-state index contributed by atoms with van der Waals surface area (Å²) < 4.78 is 0. The summed E-state index contributed by atoms with van der Waals surface area (Å²) in [6.45, 7) is 6.29. The molecule has 104 valence electrons. The fraction of sp³-hybridized carbons (Fsp3) is 0.846.